The highest BCUT2D eigenvalue weighted by atomic mass is 35.5. The number of piperazine rings is 1. The van der Waals surface area contributed by atoms with E-state index in [9.17, 15) is 13.6 Å². The second-order valence-corrected chi connectivity index (χ2v) is 11.7. The number of hydrogen-bond donors (Lipinski definition) is 1. The van der Waals surface area contributed by atoms with Crippen molar-refractivity contribution in [2.45, 2.75) is 63.6 Å². The van der Waals surface area contributed by atoms with Crippen LogP contribution in [0.1, 0.15) is 50.4 Å². The van der Waals surface area contributed by atoms with Gasteiger partial charge >= 0.3 is 0 Å². The van der Waals surface area contributed by atoms with E-state index >= 15 is 0 Å². The fraction of sp³-hybridized carbons (Fsp3) is 0.586. The molecule has 2 saturated heterocycles. The molecule has 3 aliphatic rings. The molecule has 0 unspecified atom stereocenters. The number of aromatic nitrogens is 1. The summed E-state index contributed by atoms with van der Waals surface area (Å²) < 4.78 is 26.9. The monoisotopic (exact) mass is 583 g/mol. The summed E-state index contributed by atoms with van der Waals surface area (Å²) >= 11 is 0. The number of pyridine rings is 1. The maximum atomic E-state index is 13.8. The third kappa shape index (κ3) is 7.09. The van der Waals surface area contributed by atoms with Crippen molar-refractivity contribution in [2.24, 2.45) is 0 Å². The number of hydrogen-bond acceptors (Lipinski definition) is 5. The number of carbonyl (C=O) groups excluding carboxylic acids is 1. The van der Waals surface area contributed by atoms with Crippen molar-refractivity contribution in [2.75, 3.05) is 50.8 Å². The molecular formula is C29H41Cl2F2N5O. The molecule has 3 atom stereocenters. The predicted octanol–water partition coefficient (Wildman–Crippen LogP) is 4.38. The van der Waals surface area contributed by atoms with Gasteiger partial charge in [-0.05, 0) is 62.1 Å². The quantitative estimate of drug-likeness (QED) is 0.524. The van der Waals surface area contributed by atoms with E-state index in [-0.39, 0.29) is 60.7 Å². The summed E-state index contributed by atoms with van der Waals surface area (Å²) in [5, 5.41) is 3.55. The fourth-order valence-corrected chi connectivity index (χ4v) is 6.18. The van der Waals surface area contributed by atoms with Crippen LogP contribution in [-0.4, -0.2) is 84.8 Å². The Labute approximate surface area is 243 Å². The molecule has 5 rings (SSSR count). The molecule has 2 aromatic rings. The molecule has 1 aromatic carbocycles. The van der Waals surface area contributed by atoms with Crippen molar-refractivity contribution in [3.63, 3.8) is 0 Å². The number of rotatable bonds is 7. The molecule has 0 saturated carbocycles. The van der Waals surface area contributed by atoms with Gasteiger partial charge in [0.2, 0.25) is 5.91 Å². The van der Waals surface area contributed by atoms with E-state index in [0.29, 0.717) is 25.6 Å². The van der Waals surface area contributed by atoms with Crippen molar-refractivity contribution >= 4 is 36.4 Å². The normalized spacial score (nSPS) is 24.6. The van der Waals surface area contributed by atoms with Crippen LogP contribution in [0.4, 0.5) is 14.5 Å². The lowest BCUT2D eigenvalue weighted by molar-refractivity contribution is -0.120. The minimum absolute atomic E-state index is 0. The molecule has 0 spiro atoms. The molecule has 216 valence electrons. The molecule has 0 radical (unpaired) electrons. The van der Waals surface area contributed by atoms with Gasteiger partial charge in [-0.15, -0.1) is 24.8 Å². The average Bonchev–Trinajstić information content (AvgIpc) is 3.43. The van der Waals surface area contributed by atoms with E-state index in [1.54, 1.807) is 12.1 Å². The Morgan fingerprint density at radius 1 is 1.13 bits per heavy atom. The van der Waals surface area contributed by atoms with E-state index in [1.807, 2.05) is 11.1 Å². The average molecular weight is 585 g/mol. The van der Waals surface area contributed by atoms with Crippen LogP contribution >= 0.6 is 24.8 Å². The Morgan fingerprint density at radius 3 is 2.59 bits per heavy atom. The van der Waals surface area contributed by atoms with Gasteiger partial charge in [-0.1, -0.05) is 26.0 Å². The minimum atomic E-state index is -0.303. The molecule has 0 bridgehead atoms. The number of fused-ring (bicyclic) bond motifs is 1. The van der Waals surface area contributed by atoms with Crippen molar-refractivity contribution in [3.8, 4) is 0 Å². The highest BCUT2D eigenvalue weighted by Gasteiger charge is 2.41. The maximum absolute atomic E-state index is 13.8. The van der Waals surface area contributed by atoms with Gasteiger partial charge in [-0.2, -0.15) is 0 Å². The van der Waals surface area contributed by atoms with Gasteiger partial charge in [0.1, 0.15) is 12.5 Å². The van der Waals surface area contributed by atoms with Gasteiger partial charge in [0.05, 0.1) is 17.9 Å². The highest BCUT2D eigenvalue weighted by Crippen LogP contribution is 2.39. The minimum Gasteiger partial charge on any atom is -0.311 e. The molecule has 10 heteroatoms. The first-order valence-corrected chi connectivity index (χ1v) is 13.5. The summed E-state index contributed by atoms with van der Waals surface area (Å²) in [6, 6.07) is 9.07. The SMILES string of the molecule is C[C@@H]1CN(CC(=O)N2CC(C)(C)c3ncc(Cc4ccc(F)cc4)cc32)[C@@H](CN2CCC[C@H]2CF)CN1.Cl.Cl. The van der Waals surface area contributed by atoms with Crippen molar-refractivity contribution in [3.05, 3.63) is 59.2 Å². The van der Waals surface area contributed by atoms with E-state index in [4.69, 9.17) is 4.98 Å². The van der Waals surface area contributed by atoms with Crippen molar-refractivity contribution in [1.82, 2.24) is 20.1 Å². The van der Waals surface area contributed by atoms with Crippen LogP contribution in [0, 0.1) is 5.82 Å². The zero-order valence-corrected chi connectivity index (χ0v) is 24.7. The number of nitrogens with one attached hydrogen (secondary N) is 1. The number of carbonyl (C=O) groups is 1. The molecule has 1 N–H and O–H groups in total. The Morgan fingerprint density at radius 2 is 1.87 bits per heavy atom. The standard InChI is InChI=1S/C29H39F2N5O.2ClH/c1-20-16-35(25(15-32-20)17-34-10-4-5-24(34)13-30)18-27(37)36-19-29(2,3)28-26(36)12-22(14-33-28)11-21-6-8-23(31)9-7-21;;/h6-9,12,14,20,24-25,32H,4-5,10-11,13,15-19H2,1-3H3;2*1H/t20-,24+,25-;;/m1../s1. The third-order valence-electron chi connectivity index (χ3n) is 8.22. The van der Waals surface area contributed by atoms with E-state index < -0.39 is 0 Å². The molecule has 4 heterocycles. The molecule has 3 aliphatic heterocycles. The number of nitrogens with zero attached hydrogens (tertiary/aromatic N) is 4. The van der Waals surface area contributed by atoms with Crippen LogP contribution in [0.3, 0.4) is 0 Å². The number of benzene rings is 1. The molecule has 2 fully saturated rings. The van der Waals surface area contributed by atoms with Crippen molar-refractivity contribution in [1.29, 1.82) is 0 Å². The van der Waals surface area contributed by atoms with Crippen LogP contribution in [0.5, 0.6) is 0 Å². The Hall–Kier alpha value is -1.84. The summed E-state index contributed by atoms with van der Waals surface area (Å²) in [6.07, 6.45) is 4.46. The second-order valence-electron chi connectivity index (χ2n) is 11.7. The van der Waals surface area contributed by atoms with Gasteiger partial charge in [0, 0.05) is 55.9 Å². The van der Waals surface area contributed by atoms with E-state index in [0.717, 1.165) is 61.5 Å². The molecule has 39 heavy (non-hydrogen) atoms. The highest BCUT2D eigenvalue weighted by molar-refractivity contribution is 5.97. The Bertz CT molecular complexity index is 1120. The fourth-order valence-electron chi connectivity index (χ4n) is 6.18. The zero-order valence-electron chi connectivity index (χ0n) is 23.0. The van der Waals surface area contributed by atoms with E-state index in [1.165, 1.54) is 12.1 Å². The summed E-state index contributed by atoms with van der Waals surface area (Å²) in [7, 11) is 0. The number of amides is 1. The first-order chi connectivity index (χ1) is 17.7. The van der Waals surface area contributed by atoms with Crippen LogP contribution < -0.4 is 10.2 Å². The third-order valence-corrected chi connectivity index (χ3v) is 8.22. The first kappa shape index (κ1) is 31.7. The Balaban J connectivity index is 0.00000210. The number of likely N-dealkylation sites (tertiary alicyclic amines) is 1. The van der Waals surface area contributed by atoms with Gasteiger partial charge in [-0.25, -0.2) is 8.78 Å². The Kier molecular flexibility index (Phi) is 10.7. The summed E-state index contributed by atoms with van der Waals surface area (Å²) in [5.41, 5.74) is 3.59. The van der Waals surface area contributed by atoms with Gasteiger partial charge in [0.15, 0.2) is 0 Å². The summed E-state index contributed by atoms with van der Waals surface area (Å²) in [5.74, 6) is -0.171. The van der Waals surface area contributed by atoms with Crippen molar-refractivity contribution < 1.29 is 13.6 Å². The summed E-state index contributed by atoms with van der Waals surface area (Å²) in [4.78, 5) is 25.0. The molecule has 1 aromatic heterocycles. The molecular weight excluding hydrogens is 543 g/mol. The zero-order chi connectivity index (χ0) is 26.2. The lowest BCUT2D eigenvalue weighted by Gasteiger charge is -2.41. The first-order valence-electron chi connectivity index (χ1n) is 13.5. The van der Waals surface area contributed by atoms with Crippen LogP contribution in [0.25, 0.3) is 0 Å². The number of anilines is 1. The lowest BCUT2D eigenvalue weighted by atomic mass is 9.91. The van der Waals surface area contributed by atoms with Crippen LogP contribution in [0.2, 0.25) is 0 Å². The van der Waals surface area contributed by atoms with E-state index in [2.05, 4.69) is 42.0 Å². The smallest absolute Gasteiger partial charge is 0.241 e. The molecule has 0 aliphatic carbocycles. The summed E-state index contributed by atoms with van der Waals surface area (Å²) in [6.45, 7) is 10.3. The van der Waals surface area contributed by atoms with Crippen LogP contribution in [-0.2, 0) is 16.6 Å². The molecule has 6 nitrogen and oxygen atoms in total. The second kappa shape index (κ2) is 13.2. The molecule has 1 amide bonds. The number of halogens is 4. The maximum Gasteiger partial charge on any atom is 0.241 e. The topological polar surface area (TPSA) is 51.7 Å². The van der Waals surface area contributed by atoms with Crippen LogP contribution in [0.15, 0.2) is 36.5 Å². The predicted molar refractivity (Wildman–Crippen MR) is 157 cm³/mol. The van der Waals surface area contributed by atoms with Gasteiger partial charge in [-0.3, -0.25) is 19.6 Å². The van der Waals surface area contributed by atoms with Gasteiger partial charge < -0.3 is 10.2 Å². The van der Waals surface area contributed by atoms with Gasteiger partial charge in [0.25, 0.3) is 0 Å². The largest absolute Gasteiger partial charge is 0.311 e. The lowest BCUT2D eigenvalue weighted by Crippen LogP contribution is -2.61. The number of alkyl halides is 1.